The maximum Gasteiger partial charge on any atom is 0.221 e. The van der Waals surface area contributed by atoms with Crippen LogP contribution in [0.15, 0.2) is 12.3 Å². The highest BCUT2D eigenvalue weighted by atomic mass is 16.1. The Hall–Kier alpha value is -1.85. The van der Waals surface area contributed by atoms with Crippen LogP contribution >= 0.6 is 0 Å². The van der Waals surface area contributed by atoms with E-state index in [4.69, 9.17) is 5.73 Å². The van der Waals surface area contributed by atoms with Crippen LogP contribution < -0.4 is 16.4 Å². The average molecular weight is 235 g/mol. The highest BCUT2D eigenvalue weighted by Gasteiger charge is 2.22. The van der Waals surface area contributed by atoms with Gasteiger partial charge in [0.25, 0.3) is 0 Å². The molecular formula is C11H17N5O. The summed E-state index contributed by atoms with van der Waals surface area (Å²) in [5.74, 6) is 1.08. The van der Waals surface area contributed by atoms with Crippen LogP contribution in [0.2, 0.25) is 0 Å². The molecule has 4 N–H and O–H groups in total. The molecule has 0 bridgehead atoms. The van der Waals surface area contributed by atoms with Crippen molar-refractivity contribution in [2.75, 3.05) is 17.6 Å². The Kier molecular flexibility index (Phi) is 3.74. The zero-order valence-electron chi connectivity index (χ0n) is 9.65. The molecule has 6 nitrogen and oxygen atoms in total. The van der Waals surface area contributed by atoms with Gasteiger partial charge in [0, 0.05) is 25.2 Å². The van der Waals surface area contributed by atoms with E-state index in [0.717, 1.165) is 19.3 Å². The second kappa shape index (κ2) is 5.47. The number of nitrogens with one attached hydrogen (secondary N) is 2. The number of carbonyl (C=O) groups is 1. The van der Waals surface area contributed by atoms with Gasteiger partial charge in [0.15, 0.2) is 0 Å². The van der Waals surface area contributed by atoms with E-state index in [-0.39, 0.29) is 11.9 Å². The van der Waals surface area contributed by atoms with Crippen molar-refractivity contribution < 1.29 is 4.79 Å². The minimum atomic E-state index is 0.136. The maximum atomic E-state index is 11.4. The number of aromatic nitrogens is 2. The van der Waals surface area contributed by atoms with Crippen LogP contribution in [0.1, 0.15) is 25.7 Å². The zero-order chi connectivity index (χ0) is 12.1. The predicted molar refractivity (Wildman–Crippen MR) is 65.3 cm³/mol. The number of hydrogen-bond donors (Lipinski definition) is 3. The molecule has 0 saturated heterocycles. The van der Waals surface area contributed by atoms with E-state index >= 15 is 0 Å². The summed E-state index contributed by atoms with van der Waals surface area (Å²) in [5.41, 5.74) is 5.45. The van der Waals surface area contributed by atoms with E-state index in [0.29, 0.717) is 24.8 Å². The van der Waals surface area contributed by atoms with Crippen LogP contribution in [0.3, 0.4) is 0 Å². The van der Waals surface area contributed by atoms with Gasteiger partial charge in [-0.3, -0.25) is 4.79 Å². The Bertz CT molecular complexity index is 391. The highest BCUT2D eigenvalue weighted by molar-refractivity contribution is 5.76. The monoisotopic (exact) mass is 235 g/mol. The van der Waals surface area contributed by atoms with Crippen LogP contribution in [0.4, 0.5) is 11.8 Å². The fourth-order valence-corrected chi connectivity index (χ4v) is 1.47. The summed E-state index contributed by atoms with van der Waals surface area (Å²) in [7, 11) is 0. The molecule has 0 atom stereocenters. The van der Waals surface area contributed by atoms with Crippen LogP contribution in [-0.4, -0.2) is 28.5 Å². The van der Waals surface area contributed by atoms with E-state index in [1.54, 1.807) is 12.3 Å². The lowest BCUT2D eigenvalue weighted by Gasteiger charge is -2.06. The largest absolute Gasteiger partial charge is 0.370 e. The molecule has 1 saturated carbocycles. The van der Waals surface area contributed by atoms with Crippen molar-refractivity contribution in [1.82, 2.24) is 15.3 Å². The summed E-state index contributed by atoms with van der Waals surface area (Å²) in [5, 5.41) is 6.05. The van der Waals surface area contributed by atoms with E-state index in [9.17, 15) is 4.79 Å². The number of anilines is 2. The zero-order valence-corrected chi connectivity index (χ0v) is 9.65. The van der Waals surface area contributed by atoms with Crippen LogP contribution in [0.5, 0.6) is 0 Å². The molecule has 0 aliphatic heterocycles. The number of nitrogens with zero attached hydrogens (tertiary/aromatic N) is 2. The molecule has 0 unspecified atom stereocenters. The number of nitrogens with two attached hydrogens (primary N) is 1. The second-order valence-electron chi connectivity index (χ2n) is 4.17. The molecule has 1 aromatic rings. The van der Waals surface area contributed by atoms with Crippen LogP contribution in [-0.2, 0) is 4.79 Å². The number of amides is 1. The van der Waals surface area contributed by atoms with Crippen LogP contribution in [0.25, 0.3) is 0 Å². The summed E-state index contributed by atoms with van der Waals surface area (Å²) in [4.78, 5) is 19.2. The molecule has 17 heavy (non-hydrogen) atoms. The summed E-state index contributed by atoms with van der Waals surface area (Å²) in [6.07, 6.45) is 5.19. The molecule has 92 valence electrons. The van der Waals surface area contributed by atoms with Crippen LogP contribution in [0, 0.1) is 0 Å². The van der Waals surface area contributed by atoms with Gasteiger partial charge in [-0.25, -0.2) is 4.98 Å². The SMILES string of the molecule is Nc1nccc(NCCCC(=O)NC2CC2)n1. The molecule has 6 heteroatoms. The first-order valence-corrected chi connectivity index (χ1v) is 5.86. The molecule has 1 aliphatic rings. The predicted octanol–water partition coefficient (Wildman–Crippen LogP) is 0.529. The molecule has 2 rings (SSSR count). The molecular weight excluding hydrogens is 218 g/mol. The molecule has 1 amide bonds. The third kappa shape index (κ3) is 4.26. The lowest BCUT2D eigenvalue weighted by molar-refractivity contribution is -0.121. The first-order valence-electron chi connectivity index (χ1n) is 5.86. The third-order valence-electron chi connectivity index (χ3n) is 2.50. The molecule has 1 fully saturated rings. The Labute approximate surface area is 100 Å². The Morgan fingerprint density at radius 1 is 1.53 bits per heavy atom. The maximum absolute atomic E-state index is 11.4. The minimum Gasteiger partial charge on any atom is -0.370 e. The van der Waals surface area contributed by atoms with Gasteiger partial charge in [-0.2, -0.15) is 4.98 Å². The van der Waals surface area contributed by atoms with Gasteiger partial charge in [-0.05, 0) is 25.3 Å². The van der Waals surface area contributed by atoms with E-state index in [1.165, 1.54) is 0 Å². The second-order valence-corrected chi connectivity index (χ2v) is 4.17. The van der Waals surface area contributed by atoms with Gasteiger partial charge in [-0.15, -0.1) is 0 Å². The van der Waals surface area contributed by atoms with E-state index in [2.05, 4.69) is 20.6 Å². The average Bonchev–Trinajstić information content (AvgIpc) is 3.08. The minimum absolute atomic E-state index is 0.136. The van der Waals surface area contributed by atoms with Gasteiger partial charge in [0.2, 0.25) is 11.9 Å². The number of hydrogen-bond acceptors (Lipinski definition) is 5. The number of carbonyl (C=O) groups excluding carboxylic acids is 1. The van der Waals surface area contributed by atoms with Gasteiger partial charge < -0.3 is 16.4 Å². The van der Waals surface area contributed by atoms with Crippen molar-refractivity contribution in [1.29, 1.82) is 0 Å². The topological polar surface area (TPSA) is 92.9 Å². The van der Waals surface area contributed by atoms with Crippen molar-refractivity contribution in [3.63, 3.8) is 0 Å². The van der Waals surface area contributed by atoms with Crippen molar-refractivity contribution in [3.05, 3.63) is 12.3 Å². The van der Waals surface area contributed by atoms with Crippen molar-refractivity contribution in [2.45, 2.75) is 31.7 Å². The lowest BCUT2D eigenvalue weighted by Crippen LogP contribution is -2.25. The fraction of sp³-hybridized carbons (Fsp3) is 0.545. The summed E-state index contributed by atoms with van der Waals surface area (Å²) < 4.78 is 0. The quantitative estimate of drug-likeness (QED) is 0.625. The van der Waals surface area contributed by atoms with Crippen molar-refractivity contribution in [3.8, 4) is 0 Å². The molecule has 1 aliphatic carbocycles. The Balaban J connectivity index is 1.60. The lowest BCUT2D eigenvalue weighted by atomic mass is 10.3. The van der Waals surface area contributed by atoms with Crippen molar-refractivity contribution >= 4 is 17.7 Å². The third-order valence-corrected chi connectivity index (χ3v) is 2.50. The highest BCUT2D eigenvalue weighted by Crippen LogP contribution is 2.18. The van der Waals surface area contributed by atoms with Gasteiger partial charge in [0.1, 0.15) is 5.82 Å². The summed E-state index contributed by atoms with van der Waals surface area (Å²) in [6.45, 7) is 0.703. The van der Waals surface area contributed by atoms with E-state index in [1.807, 2.05) is 0 Å². The molecule has 0 aromatic carbocycles. The first-order chi connectivity index (χ1) is 8.24. The Morgan fingerprint density at radius 2 is 2.35 bits per heavy atom. The first kappa shape index (κ1) is 11.6. The number of rotatable bonds is 6. The van der Waals surface area contributed by atoms with Gasteiger partial charge >= 0.3 is 0 Å². The molecule has 0 radical (unpaired) electrons. The molecule has 1 aromatic heterocycles. The van der Waals surface area contributed by atoms with E-state index < -0.39 is 0 Å². The standard InChI is InChI=1S/C11H17N5O/c12-11-14-7-5-9(16-11)13-6-1-2-10(17)15-8-3-4-8/h5,7-8H,1-4,6H2,(H,15,17)(H3,12,13,14,16). The van der Waals surface area contributed by atoms with Gasteiger partial charge in [0.05, 0.1) is 0 Å². The fourth-order valence-electron chi connectivity index (χ4n) is 1.47. The summed E-state index contributed by atoms with van der Waals surface area (Å²) >= 11 is 0. The summed E-state index contributed by atoms with van der Waals surface area (Å²) in [6, 6.07) is 2.19. The molecule has 0 spiro atoms. The van der Waals surface area contributed by atoms with Gasteiger partial charge in [-0.1, -0.05) is 0 Å². The molecule has 1 heterocycles. The Morgan fingerprint density at radius 3 is 3.06 bits per heavy atom. The smallest absolute Gasteiger partial charge is 0.221 e. The normalized spacial score (nSPS) is 14.4. The van der Waals surface area contributed by atoms with Crippen molar-refractivity contribution in [2.24, 2.45) is 0 Å². The number of nitrogen functional groups attached to an aromatic ring is 1.